The van der Waals surface area contributed by atoms with E-state index in [2.05, 4.69) is 44.2 Å². The van der Waals surface area contributed by atoms with Crippen LogP contribution in [0.3, 0.4) is 0 Å². The summed E-state index contributed by atoms with van der Waals surface area (Å²) in [5.41, 5.74) is 1.37. The minimum atomic E-state index is -9.19. The van der Waals surface area contributed by atoms with Gasteiger partial charge in [0.25, 0.3) is 0 Å². The third kappa shape index (κ3) is 13.0. The third-order valence-corrected chi connectivity index (χ3v) is 9.96. The Bertz CT molecular complexity index is 1540. The number of unbranched alkanes of at least 4 members (excludes halogenated alkanes) is 9. The molecule has 0 amide bonds. The minimum absolute atomic E-state index is 0. The fourth-order valence-corrected chi connectivity index (χ4v) is 7.96. The van der Waals surface area contributed by atoms with E-state index in [1.165, 1.54) is 74.7 Å². The number of benzene rings is 3. The fourth-order valence-electron chi connectivity index (χ4n) is 5.21. The number of ether oxygens (including phenoxy) is 1. The summed E-state index contributed by atoms with van der Waals surface area (Å²) in [6, 6.07) is 20.7. The SMILES string of the molecule is CCCCCCCCCCCCc1ccc(-[s+]2c3ccccc3c(=O)c3c(Cl)ccc(OCCC)c32)cc1.[F-].[F][Sb]([F])([F])([F])[F]. The van der Waals surface area contributed by atoms with Gasteiger partial charge in [-0.3, -0.25) is 4.79 Å². The Hall–Kier alpha value is -1.96. The second kappa shape index (κ2) is 18.4. The first-order valence-corrected chi connectivity index (χ1v) is 21.8. The van der Waals surface area contributed by atoms with Crippen molar-refractivity contribution in [1.82, 2.24) is 0 Å². The van der Waals surface area contributed by atoms with Gasteiger partial charge in [-0.05, 0) is 61.2 Å². The summed E-state index contributed by atoms with van der Waals surface area (Å²) in [5.74, 6) is 0.770. The van der Waals surface area contributed by atoms with Gasteiger partial charge in [0.2, 0.25) is 10.1 Å². The van der Waals surface area contributed by atoms with E-state index in [1.807, 2.05) is 24.3 Å². The van der Waals surface area contributed by atoms with Crippen molar-refractivity contribution in [3.05, 3.63) is 81.5 Å². The zero-order chi connectivity index (χ0) is 32.2. The molecule has 1 aromatic heterocycles. The van der Waals surface area contributed by atoms with E-state index < -0.39 is 30.8 Å². The molecule has 11 heteroatoms. The predicted octanol–water partition coefficient (Wildman–Crippen LogP) is 9.72. The van der Waals surface area contributed by atoms with Gasteiger partial charge < -0.3 is 9.44 Å². The van der Waals surface area contributed by atoms with Gasteiger partial charge in [0, 0.05) is 10.5 Å². The molecule has 1 heterocycles. The summed E-state index contributed by atoms with van der Waals surface area (Å²) >= 11 is -2.54. The molecule has 0 saturated carbocycles. The molecule has 2 nitrogen and oxygen atoms in total. The molecule has 0 spiro atoms. The summed E-state index contributed by atoms with van der Waals surface area (Å²) in [4.78, 5) is 14.7. The average Bonchev–Trinajstić information content (AvgIpc) is 2.97. The zero-order valence-electron chi connectivity index (χ0n) is 25.8. The summed E-state index contributed by atoms with van der Waals surface area (Å²) in [5, 5.41) is 1.84. The van der Waals surface area contributed by atoms with Crippen molar-refractivity contribution in [3.8, 4) is 10.6 Å². The monoisotopic (exact) mass is 784 g/mol. The van der Waals surface area contributed by atoms with Crippen LogP contribution in [0.2, 0.25) is 5.02 Å². The molecule has 0 saturated heterocycles. The van der Waals surface area contributed by atoms with E-state index in [0.29, 0.717) is 17.0 Å². The number of aryl methyl sites for hydroxylation is 1. The number of hydrogen-bond acceptors (Lipinski definition) is 2. The Morgan fingerprint density at radius 1 is 0.733 bits per heavy atom. The summed E-state index contributed by atoms with van der Waals surface area (Å²) < 4.78 is 57.7. The van der Waals surface area contributed by atoms with Crippen molar-refractivity contribution in [3.63, 3.8) is 0 Å². The van der Waals surface area contributed by atoms with Crippen LogP contribution in [0.1, 0.15) is 90.0 Å². The summed E-state index contributed by atoms with van der Waals surface area (Å²) in [7, 11) is -0.457. The topological polar surface area (TPSA) is 26.3 Å². The van der Waals surface area contributed by atoms with Crippen LogP contribution in [0.15, 0.2) is 65.5 Å². The van der Waals surface area contributed by atoms with E-state index in [9.17, 15) is 18.9 Å². The summed E-state index contributed by atoms with van der Waals surface area (Å²) in [6.45, 7) is 4.98. The molecule has 0 aliphatic rings. The number of fused-ring (bicyclic) bond motifs is 2. The molecule has 0 bridgehead atoms. The normalized spacial score (nSPS) is 12.6. The van der Waals surface area contributed by atoms with Crippen LogP contribution in [-0.4, -0.2) is 26.9 Å². The van der Waals surface area contributed by atoms with Gasteiger partial charge in [0.15, 0.2) is 15.3 Å². The molecule has 4 rings (SSSR count). The molecule has 1 atom stereocenters. The van der Waals surface area contributed by atoms with E-state index in [1.54, 1.807) is 6.07 Å². The van der Waals surface area contributed by atoms with Crippen molar-refractivity contribution in [1.29, 1.82) is 0 Å². The van der Waals surface area contributed by atoms with Crippen molar-refractivity contribution in [2.45, 2.75) is 90.9 Å². The van der Waals surface area contributed by atoms with Gasteiger partial charge in [-0.1, -0.05) is 108 Å². The third-order valence-electron chi connectivity index (χ3n) is 7.29. The number of halogens is 7. The van der Waals surface area contributed by atoms with Crippen LogP contribution in [0, 0.1) is 0 Å². The zero-order valence-corrected chi connectivity index (χ0v) is 29.9. The Balaban J connectivity index is 0.000000918. The van der Waals surface area contributed by atoms with Crippen molar-refractivity contribution in [2.24, 2.45) is 0 Å². The number of hydrogen-bond donors (Lipinski definition) is 0. The maximum absolute atomic E-state index is 13.5. The van der Waals surface area contributed by atoms with Crippen LogP contribution < -0.4 is 14.9 Å². The Morgan fingerprint density at radius 3 is 1.87 bits per heavy atom. The van der Waals surface area contributed by atoms with Gasteiger partial charge in [-0.2, -0.15) is 0 Å². The van der Waals surface area contributed by atoms with E-state index in [4.69, 9.17) is 16.3 Å². The second-order valence-electron chi connectivity index (χ2n) is 10.9. The van der Waals surface area contributed by atoms with E-state index in [0.717, 1.165) is 33.4 Å². The van der Waals surface area contributed by atoms with Crippen molar-refractivity contribution >= 4 is 62.5 Å². The van der Waals surface area contributed by atoms with Gasteiger partial charge >= 0.3 is 34.4 Å². The van der Waals surface area contributed by atoms with Crippen LogP contribution in [-0.2, 0) is 6.42 Å². The van der Waals surface area contributed by atoms with Crippen LogP contribution in [0.25, 0.3) is 25.1 Å². The van der Waals surface area contributed by atoms with Gasteiger partial charge in [-0.25, -0.2) is 0 Å². The summed E-state index contributed by atoms with van der Waals surface area (Å²) in [6.07, 6.45) is 15.6. The van der Waals surface area contributed by atoms with Gasteiger partial charge in [0.05, 0.1) is 17.0 Å². The maximum atomic E-state index is 13.5. The molecular weight excluding hydrogens is 744 g/mol. The molecule has 0 fully saturated rings. The van der Waals surface area contributed by atoms with Crippen LogP contribution in [0.5, 0.6) is 5.75 Å². The molecule has 1 unspecified atom stereocenters. The molecule has 4 aromatic rings. The molecule has 0 N–H and O–H groups in total. The first-order chi connectivity index (χ1) is 20.9. The molecule has 0 aliphatic carbocycles. The second-order valence-corrected chi connectivity index (χ2v) is 16.9. The van der Waals surface area contributed by atoms with E-state index in [-0.39, 0.29) is 10.1 Å². The Labute approximate surface area is 274 Å². The molecule has 250 valence electrons. The van der Waals surface area contributed by atoms with Crippen molar-refractivity contribution < 1.29 is 23.5 Å². The standard InChI is InChI=1S/C34H42ClO2S.6FH.Sb/c1-3-5-6-7-8-9-10-11-12-13-16-26-19-21-27(22-20-26)38-31-18-15-14-17-28(31)33(36)32-29(35)23-24-30(34(32)38)37-25-4-2;;;;;;;/h14-15,17-24H,3-13,16,25H2,1-2H3;6*1H;/q+1;;;;;;;+5/p-6. The first kappa shape index (κ1) is 39.2. The van der Waals surface area contributed by atoms with Crippen molar-refractivity contribution in [2.75, 3.05) is 6.61 Å². The Morgan fingerprint density at radius 2 is 1.29 bits per heavy atom. The van der Waals surface area contributed by atoms with Crippen LogP contribution >= 0.6 is 22.1 Å². The van der Waals surface area contributed by atoms with Gasteiger partial charge in [-0.15, -0.1) is 0 Å². The average molecular weight is 786 g/mol. The number of rotatable bonds is 15. The Kier molecular flexibility index (Phi) is 16.0. The van der Waals surface area contributed by atoms with E-state index >= 15 is 0 Å². The molecule has 0 radical (unpaired) electrons. The quantitative estimate of drug-likeness (QED) is 0.0395. The fraction of sp³-hybridized carbons (Fsp3) is 0.441. The van der Waals surface area contributed by atoms with Gasteiger partial charge in [0.1, 0.15) is 5.39 Å². The predicted molar refractivity (Wildman–Crippen MR) is 179 cm³/mol. The molecule has 0 aliphatic heterocycles. The van der Waals surface area contributed by atoms with Crippen LogP contribution in [0.4, 0.5) is 14.1 Å². The molecule has 45 heavy (non-hydrogen) atoms. The molecule has 3 aromatic carbocycles. The molecular formula is C34H42ClF6O2SSb. The first-order valence-electron chi connectivity index (χ1n) is 15.4.